The Bertz CT molecular complexity index is 491. The number of nitrogens with zero attached hydrogens (tertiary/aromatic N) is 1. The van der Waals surface area contributed by atoms with E-state index in [9.17, 15) is 9.90 Å². The fourth-order valence-electron chi connectivity index (χ4n) is 2.23. The Hall–Kier alpha value is -1.86. The zero-order valence-electron chi connectivity index (χ0n) is 12.8. The maximum absolute atomic E-state index is 11.9. The van der Waals surface area contributed by atoms with Crippen molar-refractivity contribution >= 4 is 11.7 Å². The van der Waals surface area contributed by atoms with Gasteiger partial charge in [0.05, 0.1) is 12.2 Å². The first-order chi connectivity index (χ1) is 10.6. The van der Waals surface area contributed by atoms with Crippen LogP contribution in [0, 0.1) is 0 Å². The molecule has 0 aliphatic heterocycles. The molecule has 1 aliphatic carbocycles. The van der Waals surface area contributed by atoms with Crippen molar-refractivity contribution in [1.29, 1.82) is 0 Å². The number of rotatable bonds is 8. The maximum atomic E-state index is 11.9. The number of amides is 2. The van der Waals surface area contributed by atoms with Gasteiger partial charge in [-0.15, -0.1) is 0 Å². The van der Waals surface area contributed by atoms with Gasteiger partial charge in [-0.1, -0.05) is 0 Å². The molecule has 1 saturated carbocycles. The number of nitrogens with one attached hydrogen (secondary N) is 2. The third-order valence-corrected chi connectivity index (χ3v) is 3.71. The molecule has 0 aromatic carbocycles. The summed E-state index contributed by atoms with van der Waals surface area (Å²) in [4.78, 5) is 16.0. The molecule has 0 spiro atoms. The second-order valence-corrected chi connectivity index (χ2v) is 5.41. The fraction of sp³-hybridized carbons (Fsp3) is 0.600. The predicted molar refractivity (Wildman–Crippen MR) is 82.0 cm³/mol. The summed E-state index contributed by atoms with van der Waals surface area (Å²) in [5.41, 5.74) is -0.0887. The van der Waals surface area contributed by atoms with E-state index in [2.05, 4.69) is 15.6 Å². The first kappa shape index (κ1) is 16.5. The van der Waals surface area contributed by atoms with Crippen LogP contribution in [-0.4, -0.2) is 48.6 Å². The zero-order valence-corrected chi connectivity index (χ0v) is 12.8. The van der Waals surface area contributed by atoms with Gasteiger partial charge in [-0.25, -0.2) is 9.78 Å². The number of methoxy groups -OCH3 is 1. The van der Waals surface area contributed by atoms with Gasteiger partial charge in [-0.05, 0) is 37.8 Å². The van der Waals surface area contributed by atoms with Crippen LogP contribution in [0.4, 0.5) is 10.5 Å². The highest BCUT2D eigenvalue weighted by atomic mass is 16.5. The van der Waals surface area contributed by atoms with Crippen molar-refractivity contribution in [3.05, 3.63) is 18.3 Å². The van der Waals surface area contributed by atoms with E-state index >= 15 is 0 Å². The molecule has 1 aromatic heterocycles. The Labute approximate surface area is 130 Å². The molecular formula is C15H23N3O4. The van der Waals surface area contributed by atoms with Gasteiger partial charge in [0.1, 0.15) is 12.3 Å². The standard InChI is InChI=1S/C15H23N3O4/c1-21-10-11-22-13-12(4-2-8-16-13)18-14(19)17-9-7-15(20)5-3-6-15/h2,4,8,20H,3,5-7,9-11H2,1H3,(H2,17,18,19). The van der Waals surface area contributed by atoms with Crippen molar-refractivity contribution < 1.29 is 19.4 Å². The molecular weight excluding hydrogens is 286 g/mol. The van der Waals surface area contributed by atoms with E-state index < -0.39 is 5.60 Å². The smallest absolute Gasteiger partial charge is 0.319 e. The van der Waals surface area contributed by atoms with Crippen molar-refractivity contribution in [2.24, 2.45) is 0 Å². The second-order valence-electron chi connectivity index (χ2n) is 5.41. The van der Waals surface area contributed by atoms with Crippen LogP contribution in [0.25, 0.3) is 0 Å². The largest absolute Gasteiger partial charge is 0.474 e. The molecule has 1 aromatic rings. The predicted octanol–water partition coefficient (Wildman–Crippen LogP) is 1.53. The maximum Gasteiger partial charge on any atom is 0.319 e. The minimum Gasteiger partial charge on any atom is -0.474 e. The Kier molecular flexibility index (Phi) is 5.97. The molecule has 2 amide bonds. The van der Waals surface area contributed by atoms with Gasteiger partial charge in [0.2, 0.25) is 5.88 Å². The van der Waals surface area contributed by atoms with E-state index in [0.29, 0.717) is 37.7 Å². The summed E-state index contributed by atoms with van der Waals surface area (Å²) in [6, 6.07) is 3.09. The molecule has 1 aliphatic rings. The van der Waals surface area contributed by atoms with Crippen LogP contribution in [0.1, 0.15) is 25.7 Å². The highest BCUT2D eigenvalue weighted by Gasteiger charge is 2.33. The summed E-state index contributed by atoms with van der Waals surface area (Å²) >= 11 is 0. The molecule has 1 fully saturated rings. The lowest BCUT2D eigenvalue weighted by molar-refractivity contribution is -0.0388. The third-order valence-electron chi connectivity index (χ3n) is 3.71. The summed E-state index contributed by atoms with van der Waals surface area (Å²) in [6.07, 6.45) is 4.86. The highest BCUT2D eigenvalue weighted by molar-refractivity contribution is 5.90. The lowest BCUT2D eigenvalue weighted by Crippen LogP contribution is -2.41. The molecule has 122 valence electrons. The quantitative estimate of drug-likeness (QED) is 0.633. The third kappa shape index (κ3) is 4.85. The minimum atomic E-state index is -0.587. The monoisotopic (exact) mass is 309 g/mol. The molecule has 22 heavy (non-hydrogen) atoms. The summed E-state index contributed by atoms with van der Waals surface area (Å²) in [7, 11) is 1.59. The van der Waals surface area contributed by atoms with Crippen molar-refractivity contribution in [2.75, 3.05) is 32.2 Å². The van der Waals surface area contributed by atoms with Gasteiger partial charge in [0.25, 0.3) is 0 Å². The molecule has 0 atom stereocenters. The van der Waals surface area contributed by atoms with Crippen LogP contribution < -0.4 is 15.4 Å². The number of ether oxygens (including phenoxy) is 2. The second kappa shape index (κ2) is 7.95. The average molecular weight is 309 g/mol. The normalized spacial score (nSPS) is 15.7. The summed E-state index contributed by atoms with van der Waals surface area (Å²) in [6.45, 7) is 1.24. The molecule has 0 radical (unpaired) electrons. The van der Waals surface area contributed by atoms with Gasteiger partial charge < -0.3 is 25.2 Å². The van der Waals surface area contributed by atoms with E-state index in [-0.39, 0.29) is 6.03 Å². The van der Waals surface area contributed by atoms with Gasteiger partial charge in [-0.3, -0.25) is 0 Å². The van der Waals surface area contributed by atoms with Gasteiger partial charge >= 0.3 is 6.03 Å². The zero-order chi connectivity index (χ0) is 15.8. The van der Waals surface area contributed by atoms with Crippen LogP contribution in [0.5, 0.6) is 5.88 Å². The number of urea groups is 1. The number of aromatic nitrogens is 1. The number of pyridine rings is 1. The summed E-state index contributed by atoms with van der Waals surface area (Å²) in [5, 5.41) is 15.4. The van der Waals surface area contributed by atoms with Crippen LogP contribution in [-0.2, 0) is 4.74 Å². The van der Waals surface area contributed by atoms with Crippen molar-refractivity contribution in [2.45, 2.75) is 31.3 Å². The van der Waals surface area contributed by atoms with Gasteiger partial charge in [0, 0.05) is 19.9 Å². The molecule has 1 heterocycles. The summed E-state index contributed by atoms with van der Waals surface area (Å²) < 4.78 is 10.4. The first-order valence-corrected chi connectivity index (χ1v) is 7.47. The van der Waals surface area contributed by atoms with E-state index in [1.807, 2.05) is 0 Å². The number of hydrogen-bond donors (Lipinski definition) is 3. The molecule has 0 saturated heterocycles. The Morgan fingerprint density at radius 3 is 2.95 bits per heavy atom. The lowest BCUT2D eigenvalue weighted by Gasteiger charge is -2.36. The van der Waals surface area contributed by atoms with Crippen molar-refractivity contribution in [3.63, 3.8) is 0 Å². The van der Waals surface area contributed by atoms with E-state index in [1.54, 1.807) is 25.4 Å². The van der Waals surface area contributed by atoms with Crippen molar-refractivity contribution in [3.8, 4) is 5.88 Å². The SMILES string of the molecule is COCCOc1ncccc1NC(=O)NCCC1(O)CCC1. The molecule has 2 rings (SSSR count). The number of carbonyl (C=O) groups is 1. The Morgan fingerprint density at radius 1 is 1.45 bits per heavy atom. The molecule has 0 bridgehead atoms. The number of anilines is 1. The molecule has 7 nitrogen and oxygen atoms in total. The fourth-order valence-corrected chi connectivity index (χ4v) is 2.23. The van der Waals surface area contributed by atoms with Crippen LogP contribution in [0.15, 0.2) is 18.3 Å². The lowest BCUT2D eigenvalue weighted by atomic mass is 9.78. The van der Waals surface area contributed by atoms with Crippen LogP contribution in [0.3, 0.4) is 0 Å². The van der Waals surface area contributed by atoms with Crippen LogP contribution in [0.2, 0.25) is 0 Å². The number of aliphatic hydroxyl groups is 1. The summed E-state index contributed by atoms with van der Waals surface area (Å²) in [5.74, 6) is 0.354. The highest BCUT2D eigenvalue weighted by Crippen LogP contribution is 2.34. The minimum absolute atomic E-state index is 0.340. The van der Waals surface area contributed by atoms with E-state index in [1.165, 1.54) is 0 Å². The van der Waals surface area contributed by atoms with E-state index in [0.717, 1.165) is 19.3 Å². The van der Waals surface area contributed by atoms with E-state index in [4.69, 9.17) is 9.47 Å². The average Bonchev–Trinajstić information content (AvgIpc) is 2.47. The van der Waals surface area contributed by atoms with Gasteiger partial charge in [0.15, 0.2) is 0 Å². The number of hydrogen-bond acceptors (Lipinski definition) is 5. The number of carbonyl (C=O) groups excluding carboxylic acids is 1. The van der Waals surface area contributed by atoms with Crippen LogP contribution >= 0.6 is 0 Å². The Morgan fingerprint density at radius 2 is 2.27 bits per heavy atom. The Balaban J connectivity index is 1.77. The first-order valence-electron chi connectivity index (χ1n) is 7.47. The molecule has 7 heteroatoms. The topological polar surface area (TPSA) is 92.7 Å². The molecule has 3 N–H and O–H groups in total. The van der Waals surface area contributed by atoms with Crippen molar-refractivity contribution in [1.82, 2.24) is 10.3 Å². The van der Waals surface area contributed by atoms with Gasteiger partial charge in [-0.2, -0.15) is 0 Å². The molecule has 0 unspecified atom stereocenters.